The molecule has 0 saturated carbocycles. The molecule has 3 atom stereocenters. The van der Waals surface area contributed by atoms with Crippen LogP contribution >= 0.6 is 30.2 Å². The maximum atomic E-state index is 11.6. The van der Waals surface area contributed by atoms with E-state index in [1.807, 2.05) is 0 Å². The monoisotopic (exact) mass is 506 g/mol. The average Bonchev–Trinajstić information content (AvgIpc) is 2.39. The number of hydrogen-bond donors (Lipinski definition) is 7. The highest BCUT2D eigenvalue weighted by molar-refractivity contribution is 7.57. The molecule has 0 aliphatic rings. The van der Waals surface area contributed by atoms with Crippen molar-refractivity contribution >= 4 is 30.2 Å². The van der Waals surface area contributed by atoms with Crippen LogP contribution in [0, 0.1) is 0 Å². The molecule has 3 unspecified atom stereocenters. The molecule has 0 fully saturated rings. The smallest absolute Gasteiger partial charge is 0.339 e. The summed E-state index contributed by atoms with van der Waals surface area (Å²) in [6.45, 7) is 3.59. The van der Waals surface area contributed by atoms with E-state index in [0.717, 1.165) is 16.5 Å². The van der Waals surface area contributed by atoms with E-state index in [4.69, 9.17) is 34.1 Å². The van der Waals surface area contributed by atoms with Gasteiger partial charge in [0.25, 0.3) is 0 Å². The Kier molecular flexibility index (Phi) is 11.6. The Hall–Kier alpha value is 0.520. The van der Waals surface area contributed by atoms with Crippen molar-refractivity contribution in [2.45, 2.75) is 25.9 Å². The van der Waals surface area contributed by atoms with Crippen LogP contribution in [0.5, 0.6) is 0 Å². The second-order valence-electron chi connectivity index (χ2n) is 7.02. The summed E-state index contributed by atoms with van der Waals surface area (Å²) in [6.07, 6.45) is -3.05. The summed E-state index contributed by atoms with van der Waals surface area (Å²) >= 11 is 0. The first-order valence-electron chi connectivity index (χ1n) is 8.17. The zero-order chi connectivity index (χ0) is 23.3. The highest BCUT2D eigenvalue weighted by Gasteiger charge is 2.30. The molecule has 18 heteroatoms. The fourth-order valence-corrected chi connectivity index (χ4v) is 6.24. The van der Waals surface area contributed by atoms with E-state index in [0.29, 0.717) is 0 Å². The number of ether oxygens (including phenoxy) is 1. The van der Waals surface area contributed by atoms with E-state index in [-0.39, 0.29) is 13.2 Å². The molecule has 14 nitrogen and oxygen atoms in total. The van der Waals surface area contributed by atoms with Crippen molar-refractivity contribution < 1.29 is 57.3 Å². The van der Waals surface area contributed by atoms with Crippen LogP contribution in [0.2, 0.25) is 0 Å². The molecule has 7 N–H and O–H groups in total. The second-order valence-corrected chi connectivity index (χ2v) is 14.2. The molecule has 0 aromatic heterocycles. The maximum Gasteiger partial charge on any atom is 0.339 e. The molecule has 176 valence electrons. The third-order valence-corrected chi connectivity index (χ3v) is 6.59. The molecule has 0 rings (SSSR count). The van der Waals surface area contributed by atoms with Crippen LogP contribution in [0.25, 0.3) is 0 Å². The topological polar surface area (TPSA) is 226 Å². The molecule has 0 amide bonds. The molecule has 0 aromatic rings. The first-order chi connectivity index (χ1) is 12.7. The Morgan fingerprint density at radius 2 is 0.931 bits per heavy atom. The van der Waals surface area contributed by atoms with E-state index in [2.05, 4.69) is 0 Å². The van der Waals surface area contributed by atoms with Gasteiger partial charge >= 0.3 is 22.8 Å². The normalized spacial score (nSPS) is 18.1. The van der Waals surface area contributed by atoms with Gasteiger partial charge in [0.15, 0.2) is 0 Å². The van der Waals surface area contributed by atoms with Crippen molar-refractivity contribution in [3.05, 3.63) is 0 Å². The summed E-state index contributed by atoms with van der Waals surface area (Å²) < 4.78 is 50.6. The lowest BCUT2D eigenvalue weighted by Gasteiger charge is -2.32. The lowest BCUT2D eigenvalue weighted by atomic mass is 10.3. The van der Waals surface area contributed by atoms with Gasteiger partial charge in [-0.2, -0.15) is 0 Å². The largest absolute Gasteiger partial charge is 0.378 e. The predicted molar refractivity (Wildman–Crippen MR) is 105 cm³/mol. The van der Waals surface area contributed by atoms with Crippen LogP contribution in [0.1, 0.15) is 13.8 Å². The maximum absolute atomic E-state index is 11.6. The molecule has 0 spiro atoms. The molecular formula is C11H30N2O12P4. The molecular weight excluding hydrogens is 476 g/mol. The summed E-state index contributed by atoms with van der Waals surface area (Å²) in [5.41, 5.74) is 0. The molecule has 0 saturated heterocycles. The van der Waals surface area contributed by atoms with Gasteiger partial charge in [-0.3, -0.25) is 28.1 Å². The summed E-state index contributed by atoms with van der Waals surface area (Å²) in [4.78, 5) is 66.1. The Labute approximate surface area is 168 Å². The lowest BCUT2D eigenvalue weighted by molar-refractivity contribution is 0.0431. The van der Waals surface area contributed by atoms with Gasteiger partial charge in [-0.05, 0) is 13.8 Å². The standard InChI is InChI=1S/C11H30N2O12P4/c1-10(12(6-26(3,14)15)7-27(16,17)18)4-25-5-11(2)13(8-28(19,20)21)9-29(22,23)24/h10-11H,4-9H2,1-3H3,(H,14,15)(H2,16,17,18)(H2,19,20,21)(H2,22,23,24). The van der Waals surface area contributed by atoms with Crippen molar-refractivity contribution in [2.75, 3.05) is 45.0 Å². The van der Waals surface area contributed by atoms with Crippen molar-refractivity contribution in [1.29, 1.82) is 0 Å². The van der Waals surface area contributed by atoms with Gasteiger partial charge in [-0.15, -0.1) is 0 Å². The molecule has 0 aliphatic heterocycles. The minimum absolute atomic E-state index is 0.163. The van der Waals surface area contributed by atoms with Gasteiger partial charge in [0.2, 0.25) is 7.37 Å². The first kappa shape index (κ1) is 29.5. The molecule has 0 radical (unpaired) electrons. The van der Waals surface area contributed by atoms with Crippen LogP contribution in [0.4, 0.5) is 0 Å². The van der Waals surface area contributed by atoms with Gasteiger partial charge < -0.3 is 39.0 Å². The Morgan fingerprint density at radius 1 is 0.655 bits per heavy atom. The highest BCUT2D eigenvalue weighted by Crippen LogP contribution is 2.43. The molecule has 29 heavy (non-hydrogen) atoms. The van der Waals surface area contributed by atoms with Gasteiger partial charge in [0.05, 0.1) is 19.5 Å². The number of hydrogen-bond acceptors (Lipinski definition) is 7. The van der Waals surface area contributed by atoms with E-state index in [1.54, 1.807) is 0 Å². The van der Waals surface area contributed by atoms with Crippen molar-refractivity contribution in [3.63, 3.8) is 0 Å². The summed E-state index contributed by atoms with van der Waals surface area (Å²) in [5.74, 6) is 0. The van der Waals surface area contributed by atoms with Crippen LogP contribution in [0.3, 0.4) is 0 Å². The number of nitrogens with zero attached hydrogens (tertiary/aromatic N) is 2. The fraction of sp³-hybridized carbons (Fsp3) is 1.00. The van der Waals surface area contributed by atoms with E-state index in [9.17, 15) is 23.2 Å². The third-order valence-electron chi connectivity index (χ3n) is 3.51. The van der Waals surface area contributed by atoms with Gasteiger partial charge in [0, 0.05) is 18.7 Å². The third kappa shape index (κ3) is 16.8. The molecule has 0 bridgehead atoms. The zero-order valence-corrected chi connectivity index (χ0v) is 19.8. The van der Waals surface area contributed by atoms with Crippen LogP contribution in [-0.4, -0.2) is 101 Å². The molecule has 0 heterocycles. The van der Waals surface area contributed by atoms with Crippen LogP contribution < -0.4 is 0 Å². The second kappa shape index (κ2) is 11.4. The minimum Gasteiger partial charge on any atom is -0.378 e. The van der Waals surface area contributed by atoms with Gasteiger partial charge in [-0.1, -0.05) is 0 Å². The Morgan fingerprint density at radius 3 is 1.17 bits per heavy atom. The van der Waals surface area contributed by atoms with Crippen molar-refractivity contribution in [2.24, 2.45) is 0 Å². The summed E-state index contributed by atoms with van der Waals surface area (Å²) in [7, 11) is -17.4. The first-order valence-corrected chi connectivity index (χ1v) is 15.9. The lowest BCUT2D eigenvalue weighted by Crippen LogP contribution is -2.41. The fourth-order valence-electron chi connectivity index (χ4n) is 2.31. The van der Waals surface area contributed by atoms with Gasteiger partial charge in [0.1, 0.15) is 18.9 Å². The summed E-state index contributed by atoms with van der Waals surface area (Å²) in [5, 5.41) is 0. The predicted octanol–water partition coefficient (Wildman–Crippen LogP) is -0.353. The minimum atomic E-state index is -4.60. The number of rotatable bonds is 14. The molecule has 0 aliphatic carbocycles. The van der Waals surface area contributed by atoms with Crippen molar-refractivity contribution in [1.82, 2.24) is 9.80 Å². The van der Waals surface area contributed by atoms with E-state index in [1.165, 1.54) is 13.8 Å². The van der Waals surface area contributed by atoms with Crippen molar-refractivity contribution in [3.8, 4) is 0 Å². The molecule has 0 aromatic carbocycles. The highest BCUT2D eigenvalue weighted by atomic mass is 31.2. The van der Waals surface area contributed by atoms with Gasteiger partial charge in [-0.25, -0.2) is 0 Å². The summed E-state index contributed by atoms with van der Waals surface area (Å²) in [6, 6.07) is -1.51. The SMILES string of the molecule is CC(COCC(C)N(CP(=O)(O)O)CP(=O)(O)O)N(CP(C)(=O)O)CP(=O)(O)O. The average molecular weight is 506 g/mol. The quantitative estimate of drug-likeness (QED) is 0.150. The van der Waals surface area contributed by atoms with Crippen LogP contribution in [-0.2, 0) is 23.0 Å². The van der Waals surface area contributed by atoms with Crippen LogP contribution in [0.15, 0.2) is 0 Å². The Balaban J connectivity index is 4.98. The van der Waals surface area contributed by atoms with E-state index >= 15 is 0 Å². The zero-order valence-electron chi connectivity index (χ0n) is 16.3. The Bertz CT molecular complexity index is 590. The van der Waals surface area contributed by atoms with E-state index < -0.39 is 67.4 Å².